The predicted molar refractivity (Wildman–Crippen MR) is 167 cm³/mol. The van der Waals surface area contributed by atoms with Gasteiger partial charge >= 0.3 is 11.9 Å². The van der Waals surface area contributed by atoms with E-state index >= 15 is 0 Å². The number of thioether (sulfide) groups is 2. The van der Waals surface area contributed by atoms with Crippen LogP contribution in [0.1, 0.15) is 117 Å². The Labute approximate surface area is 260 Å². The summed E-state index contributed by atoms with van der Waals surface area (Å²) < 4.78 is 12.4. The first-order valence-electron chi connectivity index (χ1n) is 16.0. The van der Waals surface area contributed by atoms with Crippen molar-refractivity contribution in [2.45, 2.75) is 126 Å². The molecule has 226 valence electrons. The van der Waals surface area contributed by atoms with Crippen molar-refractivity contribution in [2.75, 3.05) is 0 Å². The summed E-state index contributed by atoms with van der Waals surface area (Å²) in [7, 11) is 0. The molecule has 0 aromatic heterocycles. The van der Waals surface area contributed by atoms with Gasteiger partial charge in [0.05, 0.1) is 25.9 Å². The standard InChI is InChI=1S/C34H44N2O4S2/c1-3-5-7-9-23-11-15-25(16-12-23)32(37)39-28-19-20-29(31-30(28)41-34(42-31)27(21-35)22-36)40-33(38)26-17-13-24(14-18-26)10-8-6-4-2/h19-20,23-26H,3-18H2,1-2H3. The van der Waals surface area contributed by atoms with Crippen molar-refractivity contribution in [2.24, 2.45) is 23.7 Å². The second-order valence-corrected chi connectivity index (χ2v) is 14.4. The predicted octanol–water partition coefficient (Wildman–Crippen LogP) is 9.73. The fourth-order valence-corrected chi connectivity index (χ4v) is 8.91. The Hall–Kier alpha value is -2.42. The molecule has 0 atom stereocenters. The molecule has 0 N–H and O–H groups in total. The zero-order valence-electron chi connectivity index (χ0n) is 25.1. The summed E-state index contributed by atoms with van der Waals surface area (Å²) in [6.07, 6.45) is 17.6. The lowest BCUT2D eigenvalue weighted by atomic mass is 9.80. The number of ether oxygens (including phenoxy) is 2. The van der Waals surface area contributed by atoms with Crippen LogP contribution < -0.4 is 9.47 Å². The first-order valence-corrected chi connectivity index (χ1v) is 17.6. The number of hydrogen-bond donors (Lipinski definition) is 0. The van der Waals surface area contributed by atoms with Crippen molar-refractivity contribution in [3.8, 4) is 23.6 Å². The highest BCUT2D eigenvalue weighted by Gasteiger charge is 2.34. The van der Waals surface area contributed by atoms with Gasteiger partial charge in [-0.15, -0.1) is 0 Å². The Morgan fingerprint density at radius 2 is 1.12 bits per heavy atom. The molecular weight excluding hydrogens is 565 g/mol. The first-order chi connectivity index (χ1) is 20.5. The molecule has 4 rings (SSSR count). The summed E-state index contributed by atoms with van der Waals surface area (Å²) in [5, 5.41) is 19.0. The Morgan fingerprint density at radius 1 is 0.714 bits per heavy atom. The van der Waals surface area contributed by atoms with E-state index in [1.165, 1.54) is 74.9 Å². The van der Waals surface area contributed by atoms with Crippen LogP contribution in [0.5, 0.6) is 11.5 Å². The van der Waals surface area contributed by atoms with Crippen molar-refractivity contribution in [3.63, 3.8) is 0 Å². The summed E-state index contributed by atoms with van der Waals surface area (Å²) in [4.78, 5) is 27.7. The molecule has 0 radical (unpaired) electrons. The SMILES string of the molecule is CCCCCC1CCC(C(=O)Oc2ccc(OC(=O)C3CCC(CCCCC)CC3)c3c2SC(=C(C#N)C#N)S3)CC1. The summed E-state index contributed by atoms with van der Waals surface area (Å²) in [5.41, 5.74) is -0.00135. The van der Waals surface area contributed by atoms with E-state index in [2.05, 4.69) is 13.8 Å². The van der Waals surface area contributed by atoms with Gasteiger partial charge in [0.25, 0.3) is 0 Å². The molecule has 0 amide bonds. The third-order valence-corrected chi connectivity index (χ3v) is 11.7. The molecule has 42 heavy (non-hydrogen) atoms. The maximum atomic E-state index is 13.2. The van der Waals surface area contributed by atoms with Crippen LogP contribution in [0, 0.1) is 46.3 Å². The van der Waals surface area contributed by atoms with Gasteiger partial charge in [-0.25, -0.2) is 0 Å². The molecule has 2 aliphatic carbocycles. The largest absolute Gasteiger partial charge is 0.425 e. The number of nitrogens with zero attached hydrogens (tertiary/aromatic N) is 2. The average Bonchev–Trinajstić information content (AvgIpc) is 3.46. The second-order valence-electron chi connectivity index (χ2n) is 12.1. The van der Waals surface area contributed by atoms with Crippen LogP contribution in [-0.4, -0.2) is 11.9 Å². The van der Waals surface area contributed by atoms with Gasteiger partial charge in [0.2, 0.25) is 0 Å². The normalized spacial score (nSPS) is 23.4. The average molecular weight is 609 g/mol. The van der Waals surface area contributed by atoms with Gasteiger partial charge in [0.1, 0.15) is 29.2 Å². The van der Waals surface area contributed by atoms with E-state index in [-0.39, 0.29) is 29.3 Å². The molecule has 3 aliphatic rings. The molecule has 0 unspecified atom stereocenters. The van der Waals surface area contributed by atoms with Crippen molar-refractivity contribution in [3.05, 3.63) is 21.9 Å². The lowest BCUT2D eigenvalue weighted by molar-refractivity contribution is -0.141. The number of unbranched alkanes of at least 4 members (excludes halogenated alkanes) is 4. The molecule has 1 aliphatic heterocycles. The molecule has 0 bridgehead atoms. The van der Waals surface area contributed by atoms with Crippen molar-refractivity contribution < 1.29 is 19.1 Å². The number of fused-ring (bicyclic) bond motifs is 1. The Bertz CT molecular complexity index is 1120. The Morgan fingerprint density at radius 3 is 1.48 bits per heavy atom. The van der Waals surface area contributed by atoms with Crippen LogP contribution in [0.4, 0.5) is 0 Å². The number of rotatable bonds is 12. The van der Waals surface area contributed by atoms with E-state index in [0.717, 1.165) is 51.4 Å². The van der Waals surface area contributed by atoms with Crippen molar-refractivity contribution in [1.82, 2.24) is 0 Å². The fraction of sp³-hybridized carbons (Fsp3) is 0.647. The molecule has 1 heterocycles. The number of benzene rings is 1. The van der Waals surface area contributed by atoms with E-state index in [1.54, 1.807) is 12.1 Å². The molecule has 0 saturated heterocycles. The lowest BCUT2D eigenvalue weighted by Crippen LogP contribution is -2.26. The highest BCUT2D eigenvalue weighted by molar-refractivity contribution is 8.24. The summed E-state index contributed by atoms with van der Waals surface area (Å²) in [6, 6.07) is 7.30. The van der Waals surface area contributed by atoms with Crippen LogP contribution in [-0.2, 0) is 9.59 Å². The zero-order chi connectivity index (χ0) is 29.9. The van der Waals surface area contributed by atoms with Crippen molar-refractivity contribution in [1.29, 1.82) is 10.5 Å². The minimum Gasteiger partial charge on any atom is -0.425 e. The highest BCUT2D eigenvalue weighted by Crippen LogP contribution is 2.59. The van der Waals surface area contributed by atoms with Gasteiger partial charge in [-0.3, -0.25) is 9.59 Å². The number of hydrogen-bond acceptors (Lipinski definition) is 8. The summed E-state index contributed by atoms with van der Waals surface area (Å²) in [5.74, 6) is 1.49. The van der Waals surface area contributed by atoms with E-state index < -0.39 is 0 Å². The maximum absolute atomic E-state index is 13.2. The van der Waals surface area contributed by atoms with E-state index in [0.29, 0.717) is 37.4 Å². The number of nitriles is 2. The molecule has 2 saturated carbocycles. The van der Waals surface area contributed by atoms with Crippen LogP contribution in [0.25, 0.3) is 0 Å². The third-order valence-electron chi connectivity index (χ3n) is 9.07. The lowest BCUT2D eigenvalue weighted by Gasteiger charge is -2.27. The van der Waals surface area contributed by atoms with Gasteiger partial charge in [-0.1, -0.05) is 88.7 Å². The van der Waals surface area contributed by atoms with Crippen LogP contribution >= 0.6 is 23.5 Å². The molecule has 6 nitrogen and oxygen atoms in total. The second kappa shape index (κ2) is 16.4. The van der Waals surface area contributed by atoms with E-state index in [1.807, 2.05) is 12.1 Å². The smallest absolute Gasteiger partial charge is 0.314 e. The Balaban J connectivity index is 1.42. The first kappa shape index (κ1) is 32.5. The molecule has 0 spiro atoms. The minimum absolute atomic E-state index is 0.00135. The number of carbonyl (C=O) groups is 2. The quantitative estimate of drug-likeness (QED) is 0.100. The third kappa shape index (κ3) is 8.57. The van der Waals surface area contributed by atoms with Gasteiger partial charge < -0.3 is 9.47 Å². The molecule has 2 fully saturated rings. The van der Waals surface area contributed by atoms with E-state index in [4.69, 9.17) is 9.47 Å². The van der Waals surface area contributed by atoms with Gasteiger partial charge in [0.15, 0.2) is 0 Å². The molecule has 1 aromatic rings. The van der Waals surface area contributed by atoms with Gasteiger partial charge in [0, 0.05) is 0 Å². The molecule has 8 heteroatoms. The number of carbonyl (C=O) groups excluding carboxylic acids is 2. The molecular formula is C34H44N2O4S2. The van der Waals surface area contributed by atoms with Crippen LogP contribution in [0.15, 0.2) is 31.7 Å². The molecule has 1 aromatic carbocycles. The van der Waals surface area contributed by atoms with Gasteiger partial charge in [-0.05, 0) is 75.3 Å². The van der Waals surface area contributed by atoms with Crippen LogP contribution in [0.2, 0.25) is 0 Å². The number of allylic oxidation sites excluding steroid dienone is 1. The topological polar surface area (TPSA) is 100 Å². The van der Waals surface area contributed by atoms with Gasteiger partial charge in [-0.2, -0.15) is 10.5 Å². The maximum Gasteiger partial charge on any atom is 0.314 e. The monoisotopic (exact) mass is 608 g/mol. The summed E-state index contributed by atoms with van der Waals surface area (Å²) in [6.45, 7) is 4.44. The fourth-order valence-electron chi connectivity index (χ4n) is 6.43. The van der Waals surface area contributed by atoms with Crippen molar-refractivity contribution >= 4 is 35.5 Å². The zero-order valence-corrected chi connectivity index (χ0v) is 26.8. The minimum atomic E-state index is -0.228. The Kier molecular flexibility index (Phi) is 12.7. The highest BCUT2D eigenvalue weighted by atomic mass is 32.2. The van der Waals surface area contributed by atoms with E-state index in [9.17, 15) is 20.1 Å². The number of esters is 2. The summed E-state index contributed by atoms with van der Waals surface area (Å²) >= 11 is 2.47. The van der Waals surface area contributed by atoms with Crippen LogP contribution in [0.3, 0.4) is 0 Å².